The van der Waals surface area contributed by atoms with Crippen molar-refractivity contribution in [3.05, 3.63) is 11.5 Å². The van der Waals surface area contributed by atoms with Gasteiger partial charge in [-0.1, -0.05) is 0 Å². The average Bonchev–Trinajstić information content (AvgIpc) is 2.22. The second-order valence-electron chi connectivity index (χ2n) is 4.45. The van der Waals surface area contributed by atoms with Crippen molar-refractivity contribution in [2.75, 3.05) is 5.73 Å². The molecule has 0 aliphatic carbocycles. The van der Waals surface area contributed by atoms with Crippen LogP contribution in [0.4, 0.5) is 5.82 Å². The molecule has 15 heavy (non-hydrogen) atoms. The molecule has 5 heteroatoms. The van der Waals surface area contributed by atoms with Crippen molar-refractivity contribution in [2.45, 2.75) is 33.3 Å². The molecule has 0 bridgehead atoms. The normalized spacial score (nSPS) is 11.5. The molecule has 84 valence electrons. The van der Waals surface area contributed by atoms with Crippen LogP contribution in [0.2, 0.25) is 0 Å². The van der Waals surface area contributed by atoms with E-state index in [1.165, 1.54) is 0 Å². The fourth-order valence-corrected chi connectivity index (χ4v) is 1.20. The smallest absolute Gasteiger partial charge is 0.359 e. The molecule has 0 atom stereocenters. The number of anilines is 1. The summed E-state index contributed by atoms with van der Waals surface area (Å²) in [7, 11) is 1.73. The Hall–Kier alpha value is -1.52. The van der Waals surface area contributed by atoms with Crippen LogP contribution in [0.5, 0.6) is 0 Å². The van der Waals surface area contributed by atoms with Crippen LogP contribution in [0, 0.1) is 6.92 Å². The molecule has 0 fully saturated rings. The minimum absolute atomic E-state index is 0.212. The Bertz CT molecular complexity index is 388. The number of aromatic nitrogens is 2. The lowest BCUT2D eigenvalue weighted by Crippen LogP contribution is -2.25. The number of esters is 1. The number of rotatable bonds is 1. The summed E-state index contributed by atoms with van der Waals surface area (Å²) in [5, 5.41) is 0. The number of carbonyl (C=O) groups excluding carboxylic acids is 1. The third-order valence-electron chi connectivity index (χ3n) is 1.94. The Morgan fingerprint density at radius 1 is 1.47 bits per heavy atom. The molecule has 1 aromatic rings. The zero-order valence-electron chi connectivity index (χ0n) is 9.79. The van der Waals surface area contributed by atoms with Crippen LogP contribution in [0.25, 0.3) is 0 Å². The van der Waals surface area contributed by atoms with Crippen molar-refractivity contribution in [1.82, 2.24) is 9.55 Å². The van der Waals surface area contributed by atoms with Gasteiger partial charge in [0.15, 0.2) is 11.5 Å². The lowest BCUT2D eigenvalue weighted by atomic mass is 10.2. The van der Waals surface area contributed by atoms with E-state index in [2.05, 4.69) is 4.98 Å². The topological polar surface area (TPSA) is 70.1 Å². The van der Waals surface area contributed by atoms with E-state index in [1.54, 1.807) is 18.5 Å². The van der Waals surface area contributed by atoms with Crippen LogP contribution in [-0.4, -0.2) is 21.1 Å². The zero-order chi connectivity index (χ0) is 11.8. The first-order valence-corrected chi connectivity index (χ1v) is 4.74. The van der Waals surface area contributed by atoms with Gasteiger partial charge in [0, 0.05) is 7.05 Å². The van der Waals surface area contributed by atoms with Crippen molar-refractivity contribution in [1.29, 1.82) is 0 Å². The zero-order valence-corrected chi connectivity index (χ0v) is 9.79. The number of nitrogens with two attached hydrogens (primary N) is 1. The fraction of sp³-hybridized carbons (Fsp3) is 0.600. The summed E-state index contributed by atoms with van der Waals surface area (Å²) < 4.78 is 6.85. The second kappa shape index (κ2) is 3.56. The summed E-state index contributed by atoms with van der Waals surface area (Å²) in [5.74, 6) is 0.459. The summed E-state index contributed by atoms with van der Waals surface area (Å²) in [6.07, 6.45) is 0. The minimum Gasteiger partial charge on any atom is -0.455 e. The van der Waals surface area contributed by atoms with Gasteiger partial charge in [0.1, 0.15) is 11.4 Å². The molecular weight excluding hydrogens is 194 g/mol. The molecule has 0 saturated heterocycles. The predicted molar refractivity (Wildman–Crippen MR) is 57.5 cm³/mol. The Morgan fingerprint density at radius 2 is 2.00 bits per heavy atom. The highest BCUT2D eigenvalue weighted by Crippen LogP contribution is 2.17. The van der Waals surface area contributed by atoms with Crippen LogP contribution in [0.3, 0.4) is 0 Å². The van der Waals surface area contributed by atoms with E-state index < -0.39 is 11.6 Å². The van der Waals surface area contributed by atoms with Crippen molar-refractivity contribution in [3.8, 4) is 0 Å². The second-order valence-corrected chi connectivity index (χ2v) is 4.45. The van der Waals surface area contributed by atoms with Crippen LogP contribution in [0.1, 0.15) is 37.1 Å². The van der Waals surface area contributed by atoms with Crippen molar-refractivity contribution in [2.24, 2.45) is 7.05 Å². The van der Waals surface area contributed by atoms with Crippen molar-refractivity contribution in [3.63, 3.8) is 0 Å². The van der Waals surface area contributed by atoms with Crippen LogP contribution >= 0.6 is 0 Å². The first kappa shape index (κ1) is 11.6. The largest absolute Gasteiger partial charge is 0.455 e. The summed E-state index contributed by atoms with van der Waals surface area (Å²) in [5.41, 5.74) is 5.41. The van der Waals surface area contributed by atoms with Gasteiger partial charge in [0.2, 0.25) is 0 Å². The van der Waals surface area contributed by atoms with Gasteiger partial charge < -0.3 is 15.0 Å². The maximum absolute atomic E-state index is 11.8. The van der Waals surface area contributed by atoms with E-state index in [-0.39, 0.29) is 5.82 Å². The van der Waals surface area contributed by atoms with E-state index in [9.17, 15) is 4.79 Å². The van der Waals surface area contributed by atoms with Gasteiger partial charge in [0.05, 0.1) is 0 Å². The van der Waals surface area contributed by atoms with Gasteiger partial charge in [-0.3, -0.25) is 0 Å². The maximum atomic E-state index is 11.8. The molecule has 0 aromatic carbocycles. The average molecular weight is 211 g/mol. The van der Waals surface area contributed by atoms with Crippen LogP contribution in [-0.2, 0) is 11.8 Å². The van der Waals surface area contributed by atoms with Gasteiger partial charge in [-0.2, -0.15) is 0 Å². The molecule has 5 nitrogen and oxygen atoms in total. The fourth-order valence-electron chi connectivity index (χ4n) is 1.20. The van der Waals surface area contributed by atoms with Crippen LogP contribution in [0.15, 0.2) is 0 Å². The van der Waals surface area contributed by atoms with Gasteiger partial charge in [-0.15, -0.1) is 0 Å². The first-order chi connectivity index (χ1) is 6.72. The molecule has 0 amide bonds. The standard InChI is InChI=1S/C10H17N3O2/c1-6-12-8(11)7(13(6)5)9(14)15-10(2,3)4/h11H2,1-5H3. The summed E-state index contributed by atoms with van der Waals surface area (Å²) in [4.78, 5) is 15.8. The molecule has 0 spiro atoms. The van der Waals surface area contributed by atoms with E-state index in [1.807, 2.05) is 20.8 Å². The van der Waals surface area contributed by atoms with E-state index >= 15 is 0 Å². The number of hydrogen-bond donors (Lipinski definition) is 1. The highest BCUT2D eigenvalue weighted by atomic mass is 16.6. The lowest BCUT2D eigenvalue weighted by molar-refractivity contribution is 0.00601. The van der Waals surface area contributed by atoms with Gasteiger partial charge in [0.25, 0.3) is 0 Å². The Labute approximate surface area is 89.2 Å². The minimum atomic E-state index is -0.526. The third-order valence-corrected chi connectivity index (χ3v) is 1.94. The van der Waals surface area contributed by atoms with E-state index in [0.717, 1.165) is 0 Å². The number of carbonyl (C=O) groups is 1. The van der Waals surface area contributed by atoms with E-state index in [0.29, 0.717) is 11.5 Å². The molecule has 1 heterocycles. The first-order valence-electron chi connectivity index (χ1n) is 4.74. The number of nitrogen functional groups attached to an aromatic ring is 1. The van der Waals surface area contributed by atoms with Gasteiger partial charge >= 0.3 is 5.97 Å². The Balaban J connectivity index is 3.02. The molecule has 0 aliphatic rings. The molecule has 1 rings (SSSR count). The summed E-state index contributed by atoms with van der Waals surface area (Å²) >= 11 is 0. The highest BCUT2D eigenvalue weighted by Gasteiger charge is 2.23. The van der Waals surface area contributed by atoms with Gasteiger partial charge in [-0.25, -0.2) is 9.78 Å². The monoisotopic (exact) mass is 211 g/mol. The molecule has 2 N–H and O–H groups in total. The van der Waals surface area contributed by atoms with Crippen molar-refractivity contribution >= 4 is 11.8 Å². The summed E-state index contributed by atoms with van der Waals surface area (Å²) in [6, 6.07) is 0. The molecule has 0 radical (unpaired) electrons. The molecule has 0 unspecified atom stereocenters. The maximum Gasteiger partial charge on any atom is 0.359 e. The molecule has 1 aromatic heterocycles. The quantitative estimate of drug-likeness (QED) is 0.710. The van der Waals surface area contributed by atoms with E-state index in [4.69, 9.17) is 10.5 Å². The molecule has 0 aliphatic heterocycles. The number of nitrogens with zero attached hydrogens (tertiary/aromatic N) is 2. The molecular formula is C10H17N3O2. The Morgan fingerprint density at radius 3 is 2.33 bits per heavy atom. The Kier molecular flexibility index (Phi) is 2.75. The van der Waals surface area contributed by atoms with Gasteiger partial charge in [-0.05, 0) is 27.7 Å². The third kappa shape index (κ3) is 2.49. The molecule has 0 saturated carbocycles. The number of aryl methyl sites for hydroxylation is 1. The van der Waals surface area contributed by atoms with Crippen LogP contribution < -0.4 is 5.73 Å². The SMILES string of the molecule is Cc1nc(N)c(C(=O)OC(C)(C)C)n1C. The highest BCUT2D eigenvalue weighted by molar-refractivity contribution is 5.92. The number of ether oxygens (including phenoxy) is 1. The number of hydrogen-bond acceptors (Lipinski definition) is 4. The lowest BCUT2D eigenvalue weighted by Gasteiger charge is -2.19. The summed E-state index contributed by atoms with van der Waals surface area (Å²) in [6.45, 7) is 7.21. The number of imidazole rings is 1. The van der Waals surface area contributed by atoms with Crippen molar-refractivity contribution < 1.29 is 9.53 Å². The predicted octanol–water partition coefficient (Wildman–Crippen LogP) is 1.27.